The van der Waals surface area contributed by atoms with Gasteiger partial charge in [0.1, 0.15) is 17.5 Å². The number of anilines is 2. The van der Waals surface area contributed by atoms with Gasteiger partial charge in [0.05, 0.1) is 12.7 Å². The van der Waals surface area contributed by atoms with Crippen LogP contribution < -0.4 is 10.6 Å². The Labute approximate surface area is 127 Å². The zero-order valence-corrected chi connectivity index (χ0v) is 13.7. The highest BCUT2D eigenvalue weighted by Crippen LogP contribution is 2.23. The molecule has 1 atom stereocenters. The number of ether oxygens (including phenoxy) is 1. The number of hydrogen-bond acceptors (Lipinski definition) is 6. The van der Waals surface area contributed by atoms with Gasteiger partial charge in [-0.2, -0.15) is 0 Å². The first-order chi connectivity index (χ1) is 10.0. The van der Waals surface area contributed by atoms with Crippen molar-refractivity contribution < 1.29 is 4.74 Å². The van der Waals surface area contributed by atoms with E-state index in [1.807, 2.05) is 14.0 Å². The predicted octanol–water partition coefficient (Wildman–Crippen LogP) is 1.69. The lowest BCUT2D eigenvalue weighted by Gasteiger charge is -2.30. The maximum Gasteiger partial charge on any atom is 0.135 e. The van der Waals surface area contributed by atoms with Gasteiger partial charge in [0.15, 0.2) is 0 Å². The monoisotopic (exact) mass is 293 g/mol. The molecule has 1 fully saturated rings. The van der Waals surface area contributed by atoms with Crippen molar-refractivity contribution in [2.24, 2.45) is 0 Å². The van der Waals surface area contributed by atoms with E-state index in [1.54, 1.807) is 0 Å². The summed E-state index contributed by atoms with van der Waals surface area (Å²) in [6.07, 6.45) is 0.207. The average molecular weight is 293 g/mol. The highest BCUT2D eigenvalue weighted by Gasteiger charge is 2.19. The molecule has 2 heterocycles. The standard InChI is InChI=1S/C15H27N5O/c1-10(2)13-18-14(16-4)11(3)15(19-13)17-8-12-9-20(5)6-7-21-12/h10,12H,6-9H2,1-5H3,(H2,16,17,18,19). The first kappa shape index (κ1) is 16.0. The van der Waals surface area contributed by atoms with Crippen LogP contribution in [0.25, 0.3) is 0 Å². The van der Waals surface area contributed by atoms with E-state index >= 15 is 0 Å². The molecule has 1 unspecified atom stereocenters. The normalized spacial score (nSPS) is 19.8. The van der Waals surface area contributed by atoms with Gasteiger partial charge in [-0.1, -0.05) is 13.8 Å². The van der Waals surface area contributed by atoms with Crippen molar-refractivity contribution in [3.8, 4) is 0 Å². The quantitative estimate of drug-likeness (QED) is 0.861. The van der Waals surface area contributed by atoms with Crippen LogP contribution >= 0.6 is 0 Å². The van der Waals surface area contributed by atoms with Crippen molar-refractivity contribution >= 4 is 11.6 Å². The van der Waals surface area contributed by atoms with Gasteiger partial charge in [0, 0.05) is 38.2 Å². The molecular weight excluding hydrogens is 266 g/mol. The van der Waals surface area contributed by atoms with E-state index in [2.05, 4.69) is 46.4 Å². The van der Waals surface area contributed by atoms with Crippen LogP contribution in [0.4, 0.5) is 11.6 Å². The summed E-state index contributed by atoms with van der Waals surface area (Å²) in [5, 5.41) is 6.58. The van der Waals surface area contributed by atoms with E-state index in [1.165, 1.54) is 0 Å². The first-order valence-electron chi connectivity index (χ1n) is 7.61. The third kappa shape index (κ3) is 4.04. The van der Waals surface area contributed by atoms with Gasteiger partial charge in [0.25, 0.3) is 0 Å². The van der Waals surface area contributed by atoms with Gasteiger partial charge in [-0.25, -0.2) is 9.97 Å². The fourth-order valence-corrected chi connectivity index (χ4v) is 2.41. The largest absolute Gasteiger partial charge is 0.374 e. The third-order valence-corrected chi connectivity index (χ3v) is 3.76. The first-order valence-corrected chi connectivity index (χ1v) is 7.61. The zero-order chi connectivity index (χ0) is 15.4. The van der Waals surface area contributed by atoms with E-state index in [4.69, 9.17) is 4.74 Å². The molecule has 1 aliphatic heterocycles. The van der Waals surface area contributed by atoms with E-state index < -0.39 is 0 Å². The van der Waals surface area contributed by atoms with Gasteiger partial charge >= 0.3 is 0 Å². The SMILES string of the molecule is CNc1nc(C(C)C)nc(NCC2CN(C)CCO2)c1C. The average Bonchev–Trinajstić information content (AvgIpc) is 2.46. The Hall–Kier alpha value is -1.40. The molecule has 21 heavy (non-hydrogen) atoms. The van der Waals surface area contributed by atoms with Crippen molar-refractivity contribution in [1.82, 2.24) is 14.9 Å². The summed E-state index contributed by atoms with van der Waals surface area (Å²) in [4.78, 5) is 11.5. The van der Waals surface area contributed by atoms with Gasteiger partial charge in [0.2, 0.25) is 0 Å². The summed E-state index contributed by atoms with van der Waals surface area (Å²) in [6, 6.07) is 0. The van der Waals surface area contributed by atoms with Gasteiger partial charge < -0.3 is 20.3 Å². The van der Waals surface area contributed by atoms with E-state index in [0.717, 1.165) is 49.3 Å². The maximum absolute atomic E-state index is 5.78. The number of rotatable bonds is 5. The minimum absolute atomic E-state index is 0.207. The molecule has 0 bridgehead atoms. The summed E-state index contributed by atoms with van der Waals surface area (Å²) < 4.78 is 5.78. The Bertz CT molecular complexity index is 477. The number of morpholine rings is 1. The molecule has 2 rings (SSSR count). The van der Waals surface area contributed by atoms with Crippen molar-refractivity contribution in [1.29, 1.82) is 0 Å². The second-order valence-electron chi connectivity index (χ2n) is 5.94. The molecule has 118 valence electrons. The minimum Gasteiger partial charge on any atom is -0.374 e. The van der Waals surface area contributed by atoms with Gasteiger partial charge in [-0.05, 0) is 14.0 Å². The Morgan fingerprint density at radius 2 is 2.05 bits per heavy atom. The Kier molecular flexibility index (Phi) is 5.36. The van der Waals surface area contributed by atoms with Crippen LogP contribution in [0.1, 0.15) is 31.2 Å². The zero-order valence-electron chi connectivity index (χ0n) is 13.7. The number of nitrogens with one attached hydrogen (secondary N) is 2. The van der Waals surface area contributed by atoms with Gasteiger partial charge in [-0.3, -0.25) is 0 Å². The highest BCUT2D eigenvalue weighted by atomic mass is 16.5. The lowest BCUT2D eigenvalue weighted by Crippen LogP contribution is -2.43. The van der Waals surface area contributed by atoms with Crippen LogP contribution in [0.3, 0.4) is 0 Å². The van der Waals surface area contributed by atoms with E-state index in [0.29, 0.717) is 5.92 Å². The Morgan fingerprint density at radius 1 is 1.33 bits per heavy atom. The van der Waals surface area contributed by atoms with Gasteiger partial charge in [-0.15, -0.1) is 0 Å². The van der Waals surface area contributed by atoms with Crippen molar-refractivity contribution in [3.63, 3.8) is 0 Å². The van der Waals surface area contributed by atoms with Crippen molar-refractivity contribution in [2.45, 2.75) is 32.8 Å². The summed E-state index contributed by atoms with van der Waals surface area (Å²) >= 11 is 0. The molecule has 0 saturated carbocycles. The molecule has 6 heteroatoms. The Balaban J connectivity index is 2.09. The number of aromatic nitrogens is 2. The molecule has 2 N–H and O–H groups in total. The summed E-state index contributed by atoms with van der Waals surface area (Å²) in [7, 11) is 4.02. The predicted molar refractivity (Wildman–Crippen MR) is 86.1 cm³/mol. The fraction of sp³-hybridized carbons (Fsp3) is 0.733. The number of hydrogen-bond donors (Lipinski definition) is 2. The number of likely N-dealkylation sites (N-methyl/N-ethyl adjacent to an activating group) is 1. The molecule has 0 spiro atoms. The summed E-state index contributed by atoms with van der Waals surface area (Å²) in [5.74, 6) is 2.94. The summed E-state index contributed by atoms with van der Waals surface area (Å²) in [5.41, 5.74) is 1.05. The van der Waals surface area contributed by atoms with E-state index in [9.17, 15) is 0 Å². The van der Waals surface area contributed by atoms with E-state index in [-0.39, 0.29) is 6.10 Å². The molecule has 1 aliphatic rings. The minimum atomic E-state index is 0.207. The van der Waals surface area contributed by atoms with Crippen LogP contribution in [0, 0.1) is 6.92 Å². The van der Waals surface area contributed by atoms with Crippen LogP contribution in [0.5, 0.6) is 0 Å². The smallest absolute Gasteiger partial charge is 0.135 e. The molecule has 1 saturated heterocycles. The Morgan fingerprint density at radius 3 is 2.67 bits per heavy atom. The lowest BCUT2D eigenvalue weighted by molar-refractivity contribution is -0.0117. The summed E-state index contributed by atoms with van der Waals surface area (Å²) in [6.45, 7) is 9.76. The molecule has 1 aromatic heterocycles. The topological polar surface area (TPSA) is 62.3 Å². The van der Waals surface area contributed by atoms with Crippen molar-refractivity contribution in [3.05, 3.63) is 11.4 Å². The molecule has 1 aromatic rings. The lowest BCUT2D eigenvalue weighted by atomic mass is 10.2. The number of nitrogens with zero attached hydrogens (tertiary/aromatic N) is 3. The molecule has 0 aromatic carbocycles. The second kappa shape index (κ2) is 7.04. The molecule has 6 nitrogen and oxygen atoms in total. The maximum atomic E-state index is 5.78. The molecular formula is C15H27N5O. The molecule has 0 radical (unpaired) electrons. The third-order valence-electron chi connectivity index (χ3n) is 3.76. The second-order valence-corrected chi connectivity index (χ2v) is 5.94. The fourth-order valence-electron chi connectivity index (χ4n) is 2.41. The van der Waals surface area contributed by atoms with Crippen LogP contribution in [0.2, 0.25) is 0 Å². The highest BCUT2D eigenvalue weighted by molar-refractivity contribution is 5.57. The van der Waals surface area contributed by atoms with Crippen LogP contribution in [-0.2, 0) is 4.74 Å². The van der Waals surface area contributed by atoms with Crippen LogP contribution in [0.15, 0.2) is 0 Å². The van der Waals surface area contributed by atoms with Crippen molar-refractivity contribution in [2.75, 3.05) is 51.0 Å². The molecule has 0 aliphatic carbocycles. The van der Waals surface area contributed by atoms with Crippen LogP contribution in [-0.4, -0.2) is 61.3 Å². The molecule has 0 amide bonds.